The molecule has 1 N–H and O–H groups in total. The first-order chi connectivity index (χ1) is 9.22. The molecule has 1 rings (SSSR count). The molecule has 1 aromatic carbocycles. The van der Waals surface area contributed by atoms with E-state index in [1.807, 2.05) is 0 Å². The van der Waals surface area contributed by atoms with Gasteiger partial charge in [-0.15, -0.1) is 0 Å². The summed E-state index contributed by atoms with van der Waals surface area (Å²) in [6.07, 6.45) is 4.82. The fourth-order valence-electron chi connectivity index (χ4n) is 2.24. The van der Waals surface area contributed by atoms with Crippen molar-refractivity contribution in [1.82, 2.24) is 5.32 Å². The predicted octanol–water partition coefficient (Wildman–Crippen LogP) is 4.99. The largest absolute Gasteiger partial charge is 0.312 e. The molecule has 0 heterocycles. The summed E-state index contributed by atoms with van der Waals surface area (Å²) >= 11 is 0. The lowest BCUT2D eigenvalue weighted by Gasteiger charge is -2.30. The van der Waals surface area contributed by atoms with Gasteiger partial charge < -0.3 is 5.32 Å². The quantitative estimate of drug-likeness (QED) is 0.739. The van der Waals surface area contributed by atoms with Crippen LogP contribution in [-0.2, 0) is 12.8 Å². The average molecular weight is 275 g/mol. The zero-order valence-corrected chi connectivity index (χ0v) is 14.3. The van der Waals surface area contributed by atoms with Gasteiger partial charge in [0, 0.05) is 12.1 Å². The second kappa shape index (κ2) is 7.26. The van der Waals surface area contributed by atoms with Gasteiger partial charge in [-0.3, -0.25) is 0 Å². The molecule has 0 radical (unpaired) electrons. The molecule has 0 aliphatic carbocycles. The number of aryl methyl sites for hydroxylation is 2. The van der Waals surface area contributed by atoms with E-state index in [2.05, 4.69) is 71.1 Å². The summed E-state index contributed by atoms with van der Waals surface area (Å²) < 4.78 is 0. The van der Waals surface area contributed by atoms with Crippen LogP contribution in [0.15, 0.2) is 24.3 Å². The molecule has 0 unspecified atom stereocenters. The minimum absolute atomic E-state index is 0.207. The molecule has 0 saturated carbocycles. The van der Waals surface area contributed by atoms with Crippen LogP contribution in [0.1, 0.15) is 65.5 Å². The van der Waals surface area contributed by atoms with E-state index in [-0.39, 0.29) is 5.54 Å². The maximum Gasteiger partial charge on any atom is 0.00967 e. The maximum absolute atomic E-state index is 3.62. The Morgan fingerprint density at radius 2 is 1.35 bits per heavy atom. The van der Waals surface area contributed by atoms with E-state index in [1.165, 1.54) is 36.8 Å². The third kappa shape index (κ3) is 7.09. The Morgan fingerprint density at radius 3 is 1.80 bits per heavy atom. The zero-order chi connectivity index (χ0) is 15.2. The number of hydrogen-bond donors (Lipinski definition) is 1. The highest BCUT2D eigenvalue weighted by Crippen LogP contribution is 2.23. The molecule has 0 aliphatic rings. The average Bonchev–Trinajstić information content (AvgIpc) is 2.36. The highest BCUT2D eigenvalue weighted by atomic mass is 14.9. The Bertz CT molecular complexity index is 381. The third-order valence-corrected chi connectivity index (χ3v) is 3.75. The summed E-state index contributed by atoms with van der Waals surface area (Å²) in [5, 5.41) is 3.62. The van der Waals surface area contributed by atoms with Crippen LogP contribution >= 0.6 is 0 Å². The van der Waals surface area contributed by atoms with Crippen molar-refractivity contribution in [1.29, 1.82) is 0 Å². The Kier molecular flexibility index (Phi) is 6.26. The van der Waals surface area contributed by atoms with Crippen molar-refractivity contribution in [2.75, 3.05) is 6.54 Å². The molecule has 0 saturated heterocycles. The molecule has 0 bridgehead atoms. The predicted molar refractivity (Wildman–Crippen MR) is 90.3 cm³/mol. The van der Waals surface area contributed by atoms with Crippen LogP contribution in [0.4, 0.5) is 0 Å². The smallest absolute Gasteiger partial charge is 0.00967 e. The van der Waals surface area contributed by atoms with E-state index in [1.54, 1.807) is 0 Å². The third-order valence-electron chi connectivity index (χ3n) is 3.75. The summed E-state index contributed by atoms with van der Waals surface area (Å²) in [5.41, 5.74) is 3.48. The molecule has 0 fully saturated rings. The Hall–Kier alpha value is -0.820. The minimum atomic E-state index is 0.207. The van der Waals surface area contributed by atoms with Crippen molar-refractivity contribution >= 4 is 0 Å². The summed E-state index contributed by atoms with van der Waals surface area (Å²) in [6, 6.07) is 9.19. The lowest BCUT2D eigenvalue weighted by atomic mass is 9.85. The van der Waals surface area contributed by atoms with E-state index in [9.17, 15) is 0 Å². The van der Waals surface area contributed by atoms with Crippen LogP contribution in [-0.4, -0.2) is 12.1 Å². The second-order valence-electron chi connectivity index (χ2n) is 7.83. The van der Waals surface area contributed by atoms with Crippen LogP contribution in [0.3, 0.4) is 0 Å². The van der Waals surface area contributed by atoms with E-state index in [0.717, 1.165) is 6.54 Å². The normalized spacial score (nSPS) is 12.7. The second-order valence-corrected chi connectivity index (χ2v) is 7.83. The molecule has 20 heavy (non-hydrogen) atoms. The van der Waals surface area contributed by atoms with Crippen LogP contribution in [0, 0.1) is 5.41 Å². The molecular weight excluding hydrogens is 242 g/mol. The monoisotopic (exact) mass is 275 g/mol. The number of benzene rings is 1. The van der Waals surface area contributed by atoms with Gasteiger partial charge in [-0.1, -0.05) is 51.5 Å². The molecule has 1 nitrogen and oxygen atoms in total. The van der Waals surface area contributed by atoms with Gasteiger partial charge in [0.25, 0.3) is 0 Å². The van der Waals surface area contributed by atoms with E-state index >= 15 is 0 Å². The Morgan fingerprint density at radius 1 is 0.850 bits per heavy atom. The first-order valence-corrected chi connectivity index (χ1v) is 8.05. The van der Waals surface area contributed by atoms with Crippen LogP contribution in [0.25, 0.3) is 0 Å². The molecule has 0 aromatic heterocycles. The van der Waals surface area contributed by atoms with E-state index in [4.69, 9.17) is 0 Å². The standard InChI is InChI=1S/C19H33N/c1-7-8-16-9-11-17(12-10-16)13-14-19(5,6)15-20-18(2,3)4/h9-12,20H,7-8,13-15H2,1-6H3. The van der Waals surface area contributed by atoms with Gasteiger partial charge in [-0.2, -0.15) is 0 Å². The van der Waals surface area contributed by atoms with Gasteiger partial charge in [0.2, 0.25) is 0 Å². The van der Waals surface area contributed by atoms with Gasteiger partial charge in [-0.05, 0) is 56.6 Å². The fourth-order valence-corrected chi connectivity index (χ4v) is 2.24. The van der Waals surface area contributed by atoms with E-state index in [0.29, 0.717) is 5.41 Å². The number of hydrogen-bond acceptors (Lipinski definition) is 1. The van der Waals surface area contributed by atoms with Crippen LogP contribution < -0.4 is 5.32 Å². The zero-order valence-electron chi connectivity index (χ0n) is 14.3. The summed E-state index contributed by atoms with van der Waals surface area (Å²) in [4.78, 5) is 0. The van der Waals surface area contributed by atoms with Gasteiger partial charge in [0.15, 0.2) is 0 Å². The summed E-state index contributed by atoms with van der Waals surface area (Å²) in [5.74, 6) is 0. The van der Waals surface area contributed by atoms with Crippen molar-refractivity contribution in [2.45, 2.75) is 72.8 Å². The van der Waals surface area contributed by atoms with Crippen molar-refractivity contribution in [2.24, 2.45) is 5.41 Å². The molecule has 0 atom stereocenters. The van der Waals surface area contributed by atoms with Crippen molar-refractivity contribution in [3.63, 3.8) is 0 Å². The highest BCUT2D eigenvalue weighted by Gasteiger charge is 2.20. The number of rotatable bonds is 7. The maximum atomic E-state index is 3.62. The molecule has 0 spiro atoms. The van der Waals surface area contributed by atoms with Gasteiger partial charge in [0.05, 0.1) is 0 Å². The van der Waals surface area contributed by atoms with Crippen LogP contribution in [0.5, 0.6) is 0 Å². The van der Waals surface area contributed by atoms with Gasteiger partial charge in [-0.25, -0.2) is 0 Å². The first-order valence-electron chi connectivity index (χ1n) is 8.05. The lowest BCUT2D eigenvalue weighted by Crippen LogP contribution is -2.42. The lowest BCUT2D eigenvalue weighted by molar-refractivity contribution is 0.273. The molecule has 1 heteroatoms. The summed E-state index contributed by atoms with van der Waals surface area (Å²) in [7, 11) is 0. The topological polar surface area (TPSA) is 12.0 Å². The minimum Gasteiger partial charge on any atom is -0.312 e. The fraction of sp³-hybridized carbons (Fsp3) is 0.684. The van der Waals surface area contributed by atoms with Crippen molar-refractivity contribution < 1.29 is 0 Å². The molecule has 114 valence electrons. The van der Waals surface area contributed by atoms with Crippen molar-refractivity contribution in [3.05, 3.63) is 35.4 Å². The van der Waals surface area contributed by atoms with Crippen molar-refractivity contribution in [3.8, 4) is 0 Å². The van der Waals surface area contributed by atoms with Gasteiger partial charge in [0.1, 0.15) is 0 Å². The molecular formula is C19H33N. The van der Waals surface area contributed by atoms with Gasteiger partial charge >= 0.3 is 0 Å². The SMILES string of the molecule is CCCc1ccc(CCC(C)(C)CNC(C)(C)C)cc1. The summed E-state index contributed by atoms with van der Waals surface area (Å²) in [6.45, 7) is 14.7. The molecule has 1 aromatic rings. The van der Waals surface area contributed by atoms with Crippen LogP contribution in [0.2, 0.25) is 0 Å². The Balaban J connectivity index is 2.44. The first kappa shape index (κ1) is 17.2. The number of nitrogens with one attached hydrogen (secondary N) is 1. The molecule has 0 amide bonds. The highest BCUT2D eigenvalue weighted by molar-refractivity contribution is 5.22. The van der Waals surface area contributed by atoms with E-state index < -0.39 is 0 Å². The Labute approximate surface area is 126 Å². The molecule has 0 aliphatic heterocycles.